The van der Waals surface area contributed by atoms with Gasteiger partial charge < -0.3 is 10.8 Å². The standard InChI is InChI=1S/C7H6N2O4/c8-5-3-4(9(12)13)1-2-6(10)7(5)11/h1-3H,(H3,8,10,11). The van der Waals surface area contributed by atoms with Crippen molar-refractivity contribution in [1.29, 1.82) is 0 Å². The third kappa shape index (κ3) is 1.73. The number of anilines is 1. The highest BCUT2D eigenvalue weighted by Gasteiger charge is 2.07. The van der Waals surface area contributed by atoms with Gasteiger partial charge in [0.1, 0.15) is 0 Å². The van der Waals surface area contributed by atoms with Crippen molar-refractivity contribution in [3.05, 3.63) is 38.5 Å². The normalized spacial score (nSPS) is 9.54. The predicted molar refractivity (Wildman–Crippen MR) is 45.4 cm³/mol. The van der Waals surface area contributed by atoms with E-state index in [0.29, 0.717) is 0 Å². The van der Waals surface area contributed by atoms with Crippen molar-refractivity contribution in [1.82, 2.24) is 0 Å². The van der Waals surface area contributed by atoms with E-state index in [9.17, 15) is 14.9 Å². The molecule has 13 heavy (non-hydrogen) atoms. The van der Waals surface area contributed by atoms with Gasteiger partial charge in [-0.1, -0.05) is 0 Å². The fourth-order valence-corrected chi connectivity index (χ4v) is 0.772. The molecule has 0 aliphatic rings. The SMILES string of the molecule is Nc1cc([N+](=O)[O-])ccc(=O)c1O. The molecule has 0 unspecified atom stereocenters. The van der Waals surface area contributed by atoms with Gasteiger partial charge in [-0.05, 0) is 6.07 Å². The first-order chi connectivity index (χ1) is 6.02. The smallest absolute Gasteiger partial charge is 0.271 e. The number of hydrogen-bond acceptors (Lipinski definition) is 5. The first-order valence-electron chi connectivity index (χ1n) is 3.29. The van der Waals surface area contributed by atoms with Gasteiger partial charge in [-0.25, -0.2) is 0 Å². The zero-order valence-electron chi connectivity index (χ0n) is 6.43. The summed E-state index contributed by atoms with van der Waals surface area (Å²) in [6.07, 6.45) is 0. The van der Waals surface area contributed by atoms with Gasteiger partial charge in [0.25, 0.3) is 5.69 Å². The topological polar surface area (TPSA) is 106 Å². The molecule has 68 valence electrons. The lowest BCUT2D eigenvalue weighted by molar-refractivity contribution is -0.384. The molecule has 0 aliphatic heterocycles. The molecule has 1 aromatic carbocycles. The molecule has 0 saturated heterocycles. The van der Waals surface area contributed by atoms with E-state index in [-0.39, 0.29) is 11.4 Å². The number of nitrogens with zero attached hydrogens (tertiary/aromatic N) is 1. The van der Waals surface area contributed by atoms with Crippen LogP contribution in [0.4, 0.5) is 11.4 Å². The second-order valence-electron chi connectivity index (χ2n) is 2.33. The van der Waals surface area contributed by atoms with Gasteiger partial charge in [0.2, 0.25) is 5.43 Å². The van der Waals surface area contributed by atoms with Gasteiger partial charge in [0.05, 0.1) is 10.6 Å². The number of nitrogens with two attached hydrogens (primary N) is 1. The van der Waals surface area contributed by atoms with Gasteiger partial charge in [-0.2, -0.15) is 0 Å². The molecule has 6 heteroatoms. The third-order valence-electron chi connectivity index (χ3n) is 1.43. The van der Waals surface area contributed by atoms with Crippen LogP contribution in [0, 0.1) is 10.1 Å². The lowest BCUT2D eigenvalue weighted by Crippen LogP contribution is -1.96. The minimum Gasteiger partial charge on any atom is -0.503 e. The van der Waals surface area contributed by atoms with E-state index in [2.05, 4.69) is 0 Å². The van der Waals surface area contributed by atoms with Crippen LogP contribution in [-0.4, -0.2) is 10.0 Å². The molecule has 6 nitrogen and oxygen atoms in total. The van der Waals surface area contributed by atoms with Crippen LogP contribution in [0.5, 0.6) is 5.75 Å². The monoisotopic (exact) mass is 182 g/mol. The number of rotatable bonds is 1. The van der Waals surface area contributed by atoms with Gasteiger partial charge in [0, 0.05) is 12.1 Å². The summed E-state index contributed by atoms with van der Waals surface area (Å²) in [5.74, 6) is -0.673. The highest BCUT2D eigenvalue weighted by Crippen LogP contribution is 2.18. The molecule has 0 atom stereocenters. The van der Waals surface area contributed by atoms with Crippen LogP contribution in [0.2, 0.25) is 0 Å². The van der Waals surface area contributed by atoms with E-state index >= 15 is 0 Å². The zero-order chi connectivity index (χ0) is 10.0. The molecule has 1 aromatic rings. The van der Waals surface area contributed by atoms with Crippen LogP contribution in [0.25, 0.3) is 0 Å². The van der Waals surface area contributed by atoms with E-state index in [1.54, 1.807) is 0 Å². The number of nitrogen functional groups attached to an aromatic ring is 1. The van der Waals surface area contributed by atoms with Crippen molar-refractivity contribution in [2.45, 2.75) is 0 Å². The van der Waals surface area contributed by atoms with Crippen LogP contribution in [0.1, 0.15) is 0 Å². The molecule has 3 N–H and O–H groups in total. The number of hydrogen-bond donors (Lipinski definition) is 2. The Morgan fingerprint density at radius 1 is 1.46 bits per heavy atom. The van der Waals surface area contributed by atoms with E-state index in [1.807, 2.05) is 0 Å². The molecule has 0 spiro atoms. The van der Waals surface area contributed by atoms with Crippen molar-refractivity contribution in [2.24, 2.45) is 0 Å². The van der Waals surface area contributed by atoms with E-state index in [4.69, 9.17) is 10.8 Å². The summed E-state index contributed by atoms with van der Waals surface area (Å²) in [6, 6.07) is 2.80. The van der Waals surface area contributed by atoms with Gasteiger partial charge in [0.15, 0.2) is 5.75 Å². The van der Waals surface area contributed by atoms with Crippen LogP contribution in [0.15, 0.2) is 23.0 Å². The van der Waals surface area contributed by atoms with Crippen LogP contribution >= 0.6 is 0 Å². The third-order valence-corrected chi connectivity index (χ3v) is 1.43. The van der Waals surface area contributed by atoms with Crippen molar-refractivity contribution in [2.75, 3.05) is 5.73 Å². The number of aromatic hydroxyl groups is 1. The van der Waals surface area contributed by atoms with Crippen molar-refractivity contribution in [3.63, 3.8) is 0 Å². The van der Waals surface area contributed by atoms with Crippen molar-refractivity contribution in [3.8, 4) is 5.75 Å². The van der Waals surface area contributed by atoms with E-state index in [1.165, 1.54) is 0 Å². The van der Waals surface area contributed by atoms with E-state index < -0.39 is 16.1 Å². The van der Waals surface area contributed by atoms with Crippen LogP contribution in [0.3, 0.4) is 0 Å². The summed E-state index contributed by atoms with van der Waals surface area (Å²) in [5.41, 5.74) is 3.80. The van der Waals surface area contributed by atoms with Crippen molar-refractivity contribution >= 4 is 11.4 Å². The molecular formula is C7H6N2O4. The molecule has 0 radical (unpaired) electrons. The Kier molecular flexibility index (Phi) is 2.14. The maximum absolute atomic E-state index is 10.9. The second-order valence-corrected chi connectivity index (χ2v) is 2.33. The summed E-state index contributed by atoms with van der Waals surface area (Å²) in [7, 11) is 0. The first-order valence-corrected chi connectivity index (χ1v) is 3.29. The molecule has 0 aliphatic carbocycles. The lowest BCUT2D eigenvalue weighted by Gasteiger charge is -1.88. The Labute approximate surface area is 72.4 Å². The van der Waals surface area contributed by atoms with Crippen molar-refractivity contribution < 1.29 is 10.0 Å². The van der Waals surface area contributed by atoms with Gasteiger partial charge in [-0.15, -0.1) is 0 Å². The largest absolute Gasteiger partial charge is 0.503 e. The molecular weight excluding hydrogens is 176 g/mol. The van der Waals surface area contributed by atoms with Gasteiger partial charge >= 0.3 is 0 Å². The first kappa shape index (κ1) is 8.98. The quantitative estimate of drug-likeness (QED) is 0.478. The lowest BCUT2D eigenvalue weighted by atomic mass is 10.4. The minimum absolute atomic E-state index is 0.304. The highest BCUT2D eigenvalue weighted by molar-refractivity contribution is 5.55. The summed E-state index contributed by atoms with van der Waals surface area (Å²) in [4.78, 5) is 20.4. The minimum atomic E-state index is -0.745. The maximum atomic E-state index is 10.9. The molecule has 1 rings (SSSR count). The molecule has 0 aromatic heterocycles. The molecule has 0 saturated carbocycles. The molecule has 0 heterocycles. The summed E-state index contributed by atoms with van der Waals surface area (Å²) in [6.45, 7) is 0. The molecule has 0 bridgehead atoms. The summed E-state index contributed by atoms with van der Waals surface area (Å²) in [5, 5.41) is 19.3. The van der Waals surface area contributed by atoms with Crippen LogP contribution in [-0.2, 0) is 0 Å². The summed E-state index contributed by atoms with van der Waals surface area (Å²) >= 11 is 0. The Bertz CT molecular complexity index is 416. The average Bonchev–Trinajstić information content (AvgIpc) is 2.19. The molecule has 0 fully saturated rings. The fraction of sp³-hybridized carbons (Fsp3) is 0. The zero-order valence-corrected chi connectivity index (χ0v) is 6.43. The Hall–Kier alpha value is -2.11. The van der Waals surface area contributed by atoms with E-state index in [0.717, 1.165) is 18.2 Å². The Balaban J connectivity index is 3.52. The highest BCUT2D eigenvalue weighted by atomic mass is 16.6. The van der Waals surface area contributed by atoms with Gasteiger partial charge in [-0.3, -0.25) is 14.9 Å². The summed E-state index contributed by atoms with van der Waals surface area (Å²) < 4.78 is 0. The Morgan fingerprint density at radius 2 is 2.08 bits per heavy atom. The fourth-order valence-electron chi connectivity index (χ4n) is 0.772. The maximum Gasteiger partial charge on any atom is 0.271 e. The second kappa shape index (κ2) is 3.10. The van der Waals surface area contributed by atoms with Crippen LogP contribution < -0.4 is 11.2 Å². The average molecular weight is 182 g/mol. The molecule has 0 amide bonds. The Morgan fingerprint density at radius 3 is 2.62 bits per heavy atom. The predicted octanol–water partition coefficient (Wildman–Crippen LogP) is 0.243. The number of nitro groups is 1.